The Morgan fingerprint density at radius 1 is 1.36 bits per heavy atom. The fraction of sp³-hybridized carbons (Fsp3) is 0.941. The highest BCUT2D eigenvalue weighted by Gasteiger charge is 2.23. The SMILES string of the molecule is C.CC(C)CNCCN1CCO[C@H](CN(C)C(=O)C(C)C)C1. The van der Waals surface area contributed by atoms with E-state index in [0.29, 0.717) is 12.5 Å². The Bertz CT molecular complexity index is 308. The number of hydrogen-bond acceptors (Lipinski definition) is 4. The fourth-order valence-electron chi connectivity index (χ4n) is 2.56. The van der Waals surface area contributed by atoms with Crippen LogP contribution in [0.25, 0.3) is 0 Å². The molecule has 1 saturated heterocycles. The maximum atomic E-state index is 11.9. The van der Waals surface area contributed by atoms with E-state index in [1.54, 1.807) is 4.90 Å². The van der Waals surface area contributed by atoms with Gasteiger partial charge in [0.1, 0.15) is 0 Å². The van der Waals surface area contributed by atoms with Crippen molar-refractivity contribution in [2.24, 2.45) is 11.8 Å². The van der Waals surface area contributed by atoms with Gasteiger partial charge in [-0.25, -0.2) is 0 Å². The van der Waals surface area contributed by atoms with Crippen LogP contribution in [0.1, 0.15) is 35.1 Å². The molecule has 0 bridgehead atoms. The Labute approximate surface area is 137 Å². The molecule has 5 nitrogen and oxygen atoms in total. The van der Waals surface area contributed by atoms with Gasteiger partial charge in [-0.3, -0.25) is 9.69 Å². The number of nitrogens with zero attached hydrogens (tertiary/aromatic N) is 2. The van der Waals surface area contributed by atoms with Crippen molar-refractivity contribution in [3.05, 3.63) is 0 Å². The number of carbonyl (C=O) groups excluding carboxylic acids is 1. The Hall–Kier alpha value is -0.650. The van der Waals surface area contributed by atoms with Gasteiger partial charge in [-0.2, -0.15) is 0 Å². The molecule has 1 rings (SSSR count). The molecule has 0 saturated carbocycles. The molecule has 132 valence electrons. The van der Waals surface area contributed by atoms with Crippen molar-refractivity contribution in [2.75, 3.05) is 52.9 Å². The van der Waals surface area contributed by atoms with Crippen LogP contribution in [-0.2, 0) is 9.53 Å². The summed E-state index contributed by atoms with van der Waals surface area (Å²) in [6.45, 7) is 14.8. The minimum atomic E-state index is 0. The highest BCUT2D eigenvalue weighted by atomic mass is 16.5. The van der Waals surface area contributed by atoms with Crippen LogP contribution in [-0.4, -0.2) is 74.7 Å². The fourth-order valence-corrected chi connectivity index (χ4v) is 2.56. The van der Waals surface area contributed by atoms with E-state index in [9.17, 15) is 4.79 Å². The van der Waals surface area contributed by atoms with E-state index in [2.05, 4.69) is 24.1 Å². The van der Waals surface area contributed by atoms with Crippen LogP contribution in [0.3, 0.4) is 0 Å². The second kappa shape index (κ2) is 11.0. The normalized spacial score (nSPS) is 19.3. The van der Waals surface area contributed by atoms with Gasteiger partial charge in [-0.1, -0.05) is 35.1 Å². The molecule has 0 spiro atoms. The van der Waals surface area contributed by atoms with E-state index in [4.69, 9.17) is 4.74 Å². The molecule has 0 radical (unpaired) electrons. The van der Waals surface area contributed by atoms with Crippen molar-refractivity contribution < 1.29 is 9.53 Å². The van der Waals surface area contributed by atoms with E-state index >= 15 is 0 Å². The molecule has 0 unspecified atom stereocenters. The number of ether oxygens (including phenoxy) is 1. The van der Waals surface area contributed by atoms with Crippen molar-refractivity contribution in [2.45, 2.75) is 41.2 Å². The van der Waals surface area contributed by atoms with Crippen molar-refractivity contribution in [3.8, 4) is 0 Å². The molecule has 0 aromatic rings. The summed E-state index contributed by atoms with van der Waals surface area (Å²) in [6, 6.07) is 0. The standard InChI is InChI=1S/C16H33N3O2.CH4/c1-13(2)10-17-6-7-19-8-9-21-15(12-19)11-18(5)16(20)14(3)4;/h13-15,17H,6-12H2,1-5H3;1H4/t15-;/m1./s1. The summed E-state index contributed by atoms with van der Waals surface area (Å²) in [5.41, 5.74) is 0. The highest BCUT2D eigenvalue weighted by molar-refractivity contribution is 5.77. The largest absolute Gasteiger partial charge is 0.374 e. The second-order valence-corrected chi connectivity index (χ2v) is 6.76. The monoisotopic (exact) mass is 315 g/mol. The Morgan fingerprint density at radius 3 is 2.64 bits per heavy atom. The number of morpholine rings is 1. The minimum absolute atomic E-state index is 0. The van der Waals surface area contributed by atoms with Crippen molar-refractivity contribution in [3.63, 3.8) is 0 Å². The van der Waals surface area contributed by atoms with E-state index in [0.717, 1.165) is 39.3 Å². The Balaban J connectivity index is 0.00000441. The summed E-state index contributed by atoms with van der Waals surface area (Å²) in [7, 11) is 1.87. The van der Waals surface area contributed by atoms with Crippen LogP contribution in [0.4, 0.5) is 0 Å². The highest BCUT2D eigenvalue weighted by Crippen LogP contribution is 2.08. The maximum Gasteiger partial charge on any atom is 0.224 e. The third-order valence-electron chi connectivity index (χ3n) is 3.73. The number of nitrogens with one attached hydrogen (secondary N) is 1. The topological polar surface area (TPSA) is 44.8 Å². The van der Waals surface area contributed by atoms with Gasteiger partial charge in [0.05, 0.1) is 12.7 Å². The summed E-state index contributed by atoms with van der Waals surface area (Å²) in [5.74, 6) is 0.933. The summed E-state index contributed by atoms with van der Waals surface area (Å²) in [5, 5.41) is 3.47. The van der Waals surface area contributed by atoms with Gasteiger partial charge < -0.3 is 15.0 Å². The first-order chi connectivity index (χ1) is 9.90. The van der Waals surface area contributed by atoms with Gasteiger partial charge in [0, 0.05) is 45.7 Å². The summed E-state index contributed by atoms with van der Waals surface area (Å²) in [6.07, 6.45) is 0.136. The van der Waals surface area contributed by atoms with Crippen LogP contribution in [0.5, 0.6) is 0 Å². The van der Waals surface area contributed by atoms with Gasteiger partial charge >= 0.3 is 0 Å². The van der Waals surface area contributed by atoms with Gasteiger partial charge in [0.2, 0.25) is 5.91 Å². The van der Waals surface area contributed by atoms with Gasteiger partial charge in [0.15, 0.2) is 0 Å². The molecule has 1 fully saturated rings. The number of carbonyl (C=O) groups is 1. The molecule has 1 N–H and O–H groups in total. The second-order valence-electron chi connectivity index (χ2n) is 6.76. The lowest BCUT2D eigenvalue weighted by Gasteiger charge is -2.35. The van der Waals surface area contributed by atoms with Crippen molar-refractivity contribution in [1.29, 1.82) is 0 Å². The molecule has 5 heteroatoms. The maximum absolute atomic E-state index is 11.9. The lowest BCUT2D eigenvalue weighted by molar-refractivity contribution is -0.136. The lowest BCUT2D eigenvalue weighted by atomic mass is 10.2. The molecular formula is C17H37N3O2. The first-order valence-corrected chi connectivity index (χ1v) is 8.19. The van der Waals surface area contributed by atoms with E-state index in [1.807, 2.05) is 20.9 Å². The average Bonchev–Trinajstić information content (AvgIpc) is 2.42. The van der Waals surface area contributed by atoms with Crippen LogP contribution in [0.2, 0.25) is 0 Å². The van der Waals surface area contributed by atoms with Gasteiger partial charge in [-0.15, -0.1) is 0 Å². The molecule has 1 aliphatic rings. The molecular weight excluding hydrogens is 278 g/mol. The minimum Gasteiger partial charge on any atom is -0.374 e. The van der Waals surface area contributed by atoms with E-state index in [1.165, 1.54) is 0 Å². The summed E-state index contributed by atoms with van der Waals surface area (Å²) >= 11 is 0. The van der Waals surface area contributed by atoms with Crippen molar-refractivity contribution in [1.82, 2.24) is 15.1 Å². The number of hydrogen-bond donors (Lipinski definition) is 1. The molecule has 0 aromatic heterocycles. The summed E-state index contributed by atoms with van der Waals surface area (Å²) in [4.78, 5) is 16.1. The number of rotatable bonds is 8. The quantitative estimate of drug-likeness (QED) is 0.692. The van der Waals surface area contributed by atoms with Crippen LogP contribution >= 0.6 is 0 Å². The predicted molar refractivity (Wildman–Crippen MR) is 93.1 cm³/mol. The van der Waals surface area contributed by atoms with Crippen LogP contribution in [0.15, 0.2) is 0 Å². The zero-order valence-electron chi connectivity index (χ0n) is 14.4. The first kappa shape index (κ1) is 21.4. The molecule has 0 aromatic carbocycles. The Morgan fingerprint density at radius 2 is 2.05 bits per heavy atom. The van der Waals surface area contributed by atoms with E-state index in [-0.39, 0.29) is 25.4 Å². The molecule has 1 heterocycles. The lowest BCUT2D eigenvalue weighted by Crippen LogP contribution is -2.49. The zero-order chi connectivity index (χ0) is 15.8. The molecule has 1 aliphatic heterocycles. The van der Waals surface area contributed by atoms with Gasteiger partial charge in [0.25, 0.3) is 0 Å². The van der Waals surface area contributed by atoms with Gasteiger partial charge in [-0.05, 0) is 12.5 Å². The predicted octanol–water partition coefficient (Wildman–Crippen LogP) is 1.68. The molecule has 22 heavy (non-hydrogen) atoms. The molecule has 1 amide bonds. The number of likely N-dealkylation sites (N-methyl/N-ethyl adjacent to an activating group) is 1. The first-order valence-electron chi connectivity index (χ1n) is 8.19. The van der Waals surface area contributed by atoms with Crippen molar-refractivity contribution >= 4 is 5.91 Å². The smallest absolute Gasteiger partial charge is 0.224 e. The van der Waals surface area contributed by atoms with Crippen LogP contribution in [0, 0.1) is 11.8 Å². The van der Waals surface area contributed by atoms with Crippen LogP contribution < -0.4 is 5.32 Å². The third-order valence-corrected chi connectivity index (χ3v) is 3.73. The number of amides is 1. The zero-order valence-corrected chi connectivity index (χ0v) is 14.4. The summed E-state index contributed by atoms with van der Waals surface area (Å²) < 4.78 is 5.80. The average molecular weight is 316 g/mol. The van der Waals surface area contributed by atoms with E-state index < -0.39 is 0 Å². The Kier molecular flexibility index (Phi) is 10.6. The third kappa shape index (κ3) is 8.11. The molecule has 0 aliphatic carbocycles. The molecule has 1 atom stereocenters.